The minimum Gasteiger partial charge on any atom is -0.369 e. The third-order valence-electron chi connectivity index (χ3n) is 6.59. The molecule has 0 saturated carbocycles. The Kier molecular flexibility index (Phi) is 7.76. The van der Waals surface area contributed by atoms with Crippen molar-refractivity contribution < 1.29 is 4.79 Å². The number of carbonyl (C=O) groups is 1. The fraction of sp³-hybridized carbons (Fsp3) is 0.500. The first-order valence-corrected chi connectivity index (χ1v) is 12.9. The molecule has 0 atom stereocenters. The Labute approximate surface area is 197 Å². The van der Waals surface area contributed by atoms with Crippen molar-refractivity contribution in [1.29, 1.82) is 0 Å². The molecule has 2 fully saturated rings. The highest BCUT2D eigenvalue weighted by Gasteiger charge is 2.19. The Bertz CT molecular complexity index is 901. The molecule has 172 valence electrons. The molecule has 0 aromatic heterocycles. The summed E-state index contributed by atoms with van der Waals surface area (Å²) in [7, 11) is 0. The molecule has 0 spiro atoms. The zero-order valence-corrected chi connectivity index (χ0v) is 20.5. The fourth-order valence-electron chi connectivity index (χ4n) is 4.50. The van der Waals surface area contributed by atoms with Gasteiger partial charge in [0.2, 0.25) is 0 Å². The normalized spacial score (nSPS) is 18.2. The first-order chi connectivity index (χ1) is 15.5. The highest BCUT2D eigenvalue weighted by molar-refractivity contribution is 7.99. The number of aryl methyl sites for hydroxylation is 1. The second kappa shape index (κ2) is 10.7. The van der Waals surface area contributed by atoms with Crippen LogP contribution in [0.4, 0.5) is 11.4 Å². The summed E-state index contributed by atoms with van der Waals surface area (Å²) in [6.07, 6.45) is 0. The molecular formula is C26H36N4OS. The molecular weight excluding hydrogens is 416 g/mol. The zero-order chi connectivity index (χ0) is 22.5. The lowest BCUT2D eigenvalue weighted by Crippen LogP contribution is -2.48. The monoisotopic (exact) mass is 452 g/mol. The van der Waals surface area contributed by atoms with Crippen LogP contribution in [0.3, 0.4) is 0 Å². The topological polar surface area (TPSA) is 38.8 Å². The summed E-state index contributed by atoms with van der Waals surface area (Å²) < 4.78 is 0. The van der Waals surface area contributed by atoms with Crippen molar-refractivity contribution in [3.63, 3.8) is 0 Å². The van der Waals surface area contributed by atoms with Gasteiger partial charge in [-0.1, -0.05) is 12.1 Å². The number of amides is 1. The van der Waals surface area contributed by atoms with Crippen molar-refractivity contribution in [3.05, 3.63) is 59.2 Å². The van der Waals surface area contributed by atoms with E-state index in [2.05, 4.69) is 65.1 Å². The molecule has 2 aromatic carbocycles. The predicted octanol–water partition coefficient (Wildman–Crippen LogP) is 4.33. The quantitative estimate of drug-likeness (QED) is 0.706. The number of nitrogens with one attached hydrogen (secondary N) is 1. The van der Waals surface area contributed by atoms with E-state index < -0.39 is 0 Å². The van der Waals surface area contributed by atoms with Gasteiger partial charge in [-0.25, -0.2) is 0 Å². The molecule has 1 N–H and O–H groups in total. The molecule has 2 aliphatic rings. The maximum absolute atomic E-state index is 12.8. The van der Waals surface area contributed by atoms with E-state index in [0.29, 0.717) is 11.6 Å². The molecule has 5 nitrogen and oxygen atoms in total. The number of hydrogen-bond acceptors (Lipinski definition) is 5. The molecule has 32 heavy (non-hydrogen) atoms. The van der Waals surface area contributed by atoms with Gasteiger partial charge in [-0.3, -0.25) is 14.6 Å². The van der Waals surface area contributed by atoms with Gasteiger partial charge in [0.05, 0.1) is 0 Å². The number of nitrogens with zero attached hydrogens (tertiary/aromatic N) is 3. The lowest BCUT2D eigenvalue weighted by molar-refractivity contribution is 0.102. The number of benzene rings is 2. The average Bonchev–Trinajstić information content (AvgIpc) is 2.81. The maximum atomic E-state index is 12.8. The minimum atomic E-state index is -0.0508. The van der Waals surface area contributed by atoms with Crippen molar-refractivity contribution in [2.75, 3.05) is 61.0 Å². The maximum Gasteiger partial charge on any atom is 0.255 e. The Morgan fingerprint density at radius 1 is 0.969 bits per heavy atom. The van der Waals surface area contributed by atoms with Crippen molar-refractivity contribution in [1.82, 2.24) is 9.80 Å². The van der Waals surface area contributed by atoms with Crippen LogP contribution in [0, 0.1) is 6.92 Å². The van der Waals surface area contributed by atoms with Gasteiger partial charge in [0.1, 0.15) is 0 Å². The minimum absolute atomic E-state index is 0.0508. The summed E-state index contributed by atoms with van der Waals surface area (Å²) in [5, 5.41) is 3.10. The van der Waals surface area contributed by atoms with Crippen LogP contribution in [0.5, 0.6) is 0 Å². The van der Waals surface area contributed by atoms with E-state index in [1.165, 1.54) is 22.8 Å². The third kappa shape index (κ3) is 5.85. The van der Waals surface area contributed by atoms with Crippen LogP contribution in [-0.4, -0.2) is 72.5 Å². The summed E-state index contributed by atoms with van der Waals surface area (Å²) in [6, 6.07) is 15.0. The van der Waals surface area contributed by atoms with E-state index >= 15 is 0 Å². The Morgan fingerprint density at radius 2 is 1.66 bits per heavy atom. The van der Waals surface area contributed by atoms with Gasteiger partial charge < -0.3 is 10.2 Å². The summed E-state index contributed by atoms with van der Waals surface area (Å²) in [5.41, 5.74) is 5.21. The standard InChI is InChI=1S/C26H36N4OS/c1-20(2)29-10-12-30(13-11-29)24-7-5-23(6-8-24)26(31)27-25-9-4-22(18-21(25)3)19-28-14-16-32-17-15-28/h4-9,18,20H,10-17,19H2,1-3H3,(H,27,31). The average molecular weight is 453 g/mol. The highest BCUT2D eigenvalue weighted by Crippen LogP contribution is 2.22. The summed E-state index contributed by atoms with van der Waals surface area (Å²) in [5.74, 6) is 2.39. The molecule has 2 aliphatic heterocycles. The van der Waals surface area contributed by atoms with Crippen LogP contribution in [0.25, 0.3) is 0 Å². The van der Waals surface area contributed by atoms with E-state index in [0.717, 1.165) is 57.1 Å². The second-order valence-electron chi connectivity index (χ2n) is 9.16. The first-order valence-electron chi connectivity index (χ1n) is 11.8. The zero-order valence-electron chi connectivity index (χ0n) is 19.6. The fourth-order valence-corrected chi connectivity index (χ4v) is 5.48. The molecule has 2 aromatic rings. The van der Waals surface area contributed by atoms with Crippen LogP contribution < -0.4 is 10.2 Å². The number of carbonyl (C=O) groups excluding carboxylic acids is 1. The molecule has 0 aliphatic carbocycles. The van der Waals surface area contributed by atoms with Crippen LogP contribution in [0.1, 0.15) is 35.3 Å². The Balaban J connectivity index is 1.33. The van der Waals surface area contributed by atoms with Crippen molar-refractivity contribution in [2.45, 2.75) is 33.4 Å². The number of hydrogen-bond donors (Lipinski definition) is 1. The number of rotatable bonds is 6. The predicted molar refractivity (Wildman–Crippen MR) is 137 cm³/mol. The molecule has 0 unspecified atom stereocenters. The molecule has 0 radical (unpaired) electrons. The third-order valence-corrected chi connectivity index (χ3v) is 7.53. The van der Waals surface area contributed by atoms with E-state index in [9.17, 15) is 4.79 Å². The second-order valence-corrected chi connectivity index (χ2v) is 10.4. The van der Waals surface area contributed by atoms with Gasteiger partial charge in [-0.15, -0.1) is 0 Å². The summed E-state index contributed by atoms with van der Waals surface area (Å²) in [4.78, 5) is 20.3. The Morgan fingerprint density at radius 3 is 2.28 bits per heavy atom. The highest BCUT2D eigenvalue weighted by atomic mass is 32.2. The molecule has 0 bridgehead atoms. The largest absolute Gasteiger partial charge is 0.369 e. The first kappa shape index (κ1) is 23.1. The SMILES string of the molecule is Cc1cc(CN2CCSCC2)ccc1NC(=O)c1ccc(N2CCN(C(C)C)CC2)cc1. The van der Waals surface area contributed by atoms with Gasteiger partial charge in [-0.2, -0.15) is 11.8 Å². The van der Waals surface area contributed by atoms with E-state index in [-0.39, 0.29) is 5.91 Å². The lowest BCUT2D eigenvalue weighted by Gasteiger charge is -2.38. The number of piperazine rings is 1. The van der Waals surface area contributed by atoms with Gasteiger partial charge in [-0.05, 0) is 62.2 Å². The van der Waals surface area contributed by atoms with Crippen LogP contribution >= 0.6 is 11.8 Å². The van der Waals surface area contributed by atoms with Crippen molar-refractivity contribution >= 4 is 29.0 Å². The van der Waals surface area contributed by atoms with E-state index in [1.54, 1.807) is 0 Å². The van der Waals surface area contributed by atoms with E-state index in [1.807, 2.05) is 30.0 Å². The van der Waals surface area contributed by atoms with Crippen molar-refractivity contribution in [2.24, 2.45) is 0 Å². The molecule has 6 heteroatoms. The summed E-state index contributed by atoms with van der Waals surface area (Å²) in [6.45, 7) is 14.1. The van der Waals surface area contributed by atoms with Crippen LogP contribution in [0.15, 0.2) is 42.5 Å². The van der Waals surface area contributed by atoms with Gasteiger partial charge >= 0.3 is 0 Å². The molecule has 1 amide bonds. The molecule has 2 saturated heterocycles. The number of anilines is 2. The molecule has 2 heterocycles. The van der Waals surface area contributed by atoms with Crippen LogP contribution in [0.2, 0.25) is 0 Å². The van der Waals surface area contributed by atoms with Crippen molar-refractivity contribution in [3.8, 4) is 0 Å². The van der Waals surface area contributed by atoms with Gasteiger partial charge in [0.15, 0.2) is 0 Å². The smallest absolute Gasteiger partial charge is 0.255 e. The Hall–Kier alpha value is -2.02. The molecule has 4 rings (SSSR count). The van der Waals surface area contributed by atoms with Gasteiger partial charge in [0.25, 0.3) is 5.91 Å². The number of thioether (sulfide) groups is 1. The lowest BCUT2D eigenvalue weighted by atomic mass is 10.1. The summed E-state index contributed by atoms with van der Waals surface area (Å²) >= 11 is 2.04. The van der Waals surface area contributed by atoms with E-state index in [4.69, 9.17) is 0 Å². The van der Waals surface area contributed by atoms with Gasteiger partial charge in [0, 0.05) is 80.3 Å². The van der Waals surface area contributed by atoms with Crippen LogP contribution in [-0.2, 0) is 6.54 Å².